The van der Waals surface area contributed by atoms with Gasteiger partial charge in [0.25, 0.3) is 5.91 Å². The van der Waals surface area contributed by atoms with Crippen molar-refractivity contribution in [2.45, 2.75) is 19.1 Å². The van der Waals surface area contributed by atoms with Gasteiger partial charge in [0.2, 0.25) is 5.76 Å². The van der Waals surface area contributed by atoms with Gasteiger partial charge in [0.1, 0.15) is 23.8 Å². The molecule has 0 aliphatic carbocycles. The topological polar surface area (TPSA) is 63.0 Å². The molecule has 2 heterocycles. The van der Waals surface area contributed by atoms with Gasteiger partial charge in [-0.05, 0) is 68.5 Å². The molecule has 1 aliphatic heterocycles. The van der Waals surface area contributed by atoms with Gasteiger partial charge in [-0.2, -0.15) is 0 Å². The molecule has 6 nitrogen and oxygen atoms in total. The molecule has 5 rings (SSSR count). The Morgan fingerprint density at radius 3 is 2.58 bits per heavy atom. The van der Waals surface area contributed by atoms with Crippen LogP contribution in [0.2, 0.25) is 0 Å². The lowest BCUT2D eigenvalue weighted by atomic mass is 9.98. The van der Waals surface area contributed by atoms with Crippen LogP contribution in [0, 0.1) is 5.82 Å². The van der Waals surface area contributed by atoms with E-state index >= 15 is 0 Å². The Balaban J connectivity index is 1.56. The molecule has 0 bridgehead atoms. The van der Waals surface area contributed by atoms with Gasteiger partial charge >= 0.3 is 0 Å². The Morgan fingerprint density at radius 2 is 1.81 bits per heavy atom. The zero-order chi connectivity index (χ0) is 25.2. The molecule has 0 N–H and O–H groups in total. The Morgan fingerprint density at radius 1 is 1.00 bits per heavy atom. The van der Waals surface area contributed by atoms with E-state index in [0.29, 0.717) is 18.9 Å². The van der Waals surface area contributed by atoms with E-state index in [0.717, 1.165) is 30.2 Å². The molecule has 3 aromatic carbocycles. The van der Waals surface area contributed by atoms with Crippen LogP contribution in [-0.4, -0.2) is 42.9 Å². The third-order valence-corrected chi connectivity index (χ3v) is 6.35. The van der Waals surface area contributed by atoms with Crippen molar-refractivity contribution < 1.29 is 18.3 Å². The van der Waals surface area contributed by atoms with E-state index in [2.05, 4.69) is 0 Å². The predicted octanol–water partition coefficient (Wildman–Crippen LogP) is 5.01. The number of rotatable bonds is 8. The van der Waals surface area contributed by atoms with Crippen LogP contribution in [0.5, 0.6) is 5.75 Å². The molecule has 7 heteroatoms. The molecule has 36 heavy (non-hydrogen) atoms. The van der Waals surface area contributed by atoms with Gasteiger partial charge in [0, 0.05) is 6.54 Å². The number of hydrogen-bond donors (Lipinski definition) is 0. The van der Waals surface area contributed by atoms with Crippen molar-refractivity contribution in [1.29, 1.82) is 0 Å². The fraction of sp³-hybridized carbons (Fsp3) is 0.241. The molecule has 184 valence electrons. The van der Waals surface area contributed by atoms with E-state index < -0.39 is 17.3 Å². The van der Waals surface area contributed by atoms with Gasteiger partial charge < -0.3 is 19.0 Å². The van der Waals surface area contributed by atoms with Crippen LogP contribution in [-0.2, 0) is 6.61 Å². The monoisotopic (exact) mass is 486 g/mol. The molecule has 1 atom stereocenters. The summed E-state index contributed by atoms with van der Waals surface area (Å²) >= 11 is 0. The van der Waals surface area contributed by atoms with Crippen LogP contribution in [0.25, 0.3) is 11.0 Å². The van der Waals surface area contributed by atoms with Gasteiger partial charge in [-0.1, -0.05) is 42.5 Å². The summed E-state index contributed by atoms with van der Waals surface area (Å²) in [5.41, 5.74) is 1.81. The average molecular weight is 487 g/mol. The number of ether oxygens (including phenoxy) is 1. The SMILES string of the molecule is CN(C)CCCN1C(=O)c2oc3ccc(F)cc3c(=O)c2C1c1cccc(OCc2ccccc2)c1. The fourth-order valence-corrected chi connectivity index (χ4v) is 4.64. The van der Waals surface area contributed by atoms with Crippen molar-refractivity contribution in [3.63, 3.8) is 0 Å². The molecular weight excluding hydrogens is 459 g/mol. The third-order valence-electron chi connectivity index (χ3n) is 6.35. The van der Waals surface area contributed by atoms with Crippen molar-refractivity contribution in [2.75, 3.05) is 27.2 Å². The summed E-state index contributed by atoms with van der Waals surface area (Å²) in [5.74, 6) is -0.228. The highest BCUT2D eigenvalue weighted by atomic mass is 19.1. The molecule has 0 fully saturated rings. The number of halogens is 1. The maximum absolute atomic E-state index is 14.0. The Kier molecular flexibility index (Phi) is 6.57. The summed E-state index contributed by atoms with van der Waals surface area (Å²) in [6.45, 7) is 1.61. The van der Waals surface area contributed by atoms with Crippen molar-refractivity contribution in [3.8, 4) is 5.75 Å². The van der Waals surface area contributed by atoms with Crippen molar-refractivity contribution >= 4 is 16.9 Å². The summed E-state index contributed by atoms with van der Waals surface area (Å²) in [7, 11) is 3.94. The lowest BCUT2D eigenvalue weighted by Crippen LogP contribution is -2.32. The molecule has 1 amide bonds. The van der Waals surface area contributed by atoms with Gasteiger partial charge in [-0.25, -0.2) is 4.39 Å². The molecule has 0 saturated carbocycles. The van der Waals surface area contributed by atoms with Crippen molar-refractivity contribution in [2.24, 2.45) is 0 Å². The Labute approximate surface area is 208 Å². The molecule has 0 saturated heterocycles. The molecule has 4 aromatic rings. The second-order valence-corrected chi connectivity index (χ2v) is 9.22. The normalized spacial score (nSPS) is 15.1. The van der Waals surface area contributed by atoms with Crippen LogP contribution in [0.15, 0.2) is 82.0 Å². The van der Waals surface area contributed by atoms with Crippen LogP contribution < -0.4 is 10.2 Å². The smallest absolute Gasteiger partial charge is 0.290 e. The quantitative estimate of drug-likeness (QED) is 0.351. The number of hydrogen-bond acceptors (Lipinski definition) is 5. The summed E-state index contributed by atoms with van der Waals surface area (Å²) in [6.07, 6.45) is 0.718. The van der Waals surface area contributed by atoms with E-state index in [1.165, 1.54) is 12.1 Å². The highest BCUT2D eigenvalue weighted by Crippen LogP contribution is 2.39. The van der Waals surface area contributed by atoms with Crippen LogP contribution in [0.4, 0.5) is 4.39 Å². The third kappa shape index (κ3) is 4.62. The molecule has 0 spiro atoms. The predicted molar refractivity (Wildman–Crippen MR) is 136 cm³/mol. The van der Waals surface area contributed by atoms with Gasteiger partial charge in [0.15, 0.2) is 5.43 Å². The first kappa shape index (κ1) is 23.8. The maximum Gasteiger partial charge on any atom is 0.290 e. The lowest BCUT2D eigenvalue weighted by molar-refractivity contribution is 0.0722. The number of fused-ring (bicyclic) bond motifs is 2. The van der Waals surface area contributed by atoms with Gasteiger partial charge in [-0.3, -0.25) is 9.59 Å². The Hall–Kier alpha value is -3.97. The first-order chi connectivity index (χ1) is 17.4. The lowest BCUT2D eigenvalue weighted by Gasteiger charge is -2.26. The fourth-order valence-electron chi connectivity index (χ4n) is 4.64. The first-order valence-electron chi connectivity index (χ1n) is 11.9. The first-order valence-corrected chi connectivity index (χ1v) is 11.9. The summed E-state index contributed by atoms with van der Waals surface area (Å²) in [5, 5.41) is 0.123. The largest absolute Gasteiger partial charge is 0.489 e. The van der Waals surface area contributed by atoms with Crippen molar-refractivity contribution in [3.05, 3.63) is 111 Å². The van der Waals surface area contributed by atoms with E-state index in [1.807, 2.05) is 73.6 Å². The summed E-state index contributed by atoms with van der Waals surface area (Å²) < 4.78 is 25.9. The molecular formula is C29H27FN2O4. The molecule has 1 aromatic heterocycles. The number of benzene rings is 3. The van der Waals surface area contributed by atoms with Gasteiger partial charge in [0.05, 0.1) is 17.0 Å². The number of nitrogens with zero attached hydrogens (tertiary/aromatic N) is 2. The molecule has 1 unspecified atom stereocenters. The zero-order valence-corrected chi connectivity index (χ0v) is 20.2. The minimum atomic E-state index is -0.654. The maximum atomic E-state index is 14.0. The van der Waals surface area contributed by atoms with Crippen molar-refractivity contribution in [1.82, 2.24) is 9.80 Å². The van der Waals surface area contributed by atoms with Gasteiger partial charge in [-0.15, -0.1) is 0 Å². The number of amides is 1. The second kappa shape index (κ2) is 9.95. The molecule has 1 aliphatic rings. The second-order valence-electron chi connectivity index (χ2n) is 9.22. The highest BCUT2D eigenvalue weighted by molar-refractivity contribution is 5.99. The number of carbonyl (C=O) groups excluding carboxylic acids is 1. The van der Waals surface area contributed by atoms with E-state index in [4.69, 9.17) is 9.15 Å². The van der Waals surface area contributed by atoms with E-state index in [9.17, 15) is 14.0 Å². The van der Waals surface area contributed by atoms with Crippen LogP contribution in [0.3, 0.4) is 0 Å². The highest BCUT2D eigenvalue weighted by Gasteiger charge is 2.42. The van der Waals surface area contributed by atoms with Crippen LogP contribution in [0.1, 0.15) is 39.7 Å². The zero-order valence-electron chi connectivity index (χ0n) is 20.2. The van der Waals surface area contributed by atoms with E-state index in [-0.39, 0.29) is 28.2 Å². The number of carbonyl (C=O) groups is 1. The minimum Gasteiger partial charge on any atom is -0.489 e. The Bertz CT molecular complexity index is 1470. The standard InChI is InChI=1S/C29H27FN2O4/c1-31(2)14-7-15-32-26(20-10-6-11-22(16-20)35-18-19-8-4-3-5-9-19)25-27(33)23-17-21(30)12-13-24(23)36-28(25)29(32)34/h3-6,8-13,16-17,26H,7,14-15,18H2,1-2H3. The summed E-state index contributed by atoms with van der Waals surface area (Å²) in [4.78, 5) is 30.8. The average Bonchev–Trinajstić information content (AvgIpc) is 3.15. The molecule has 0 radical (unpaired) electrons. The van der Waals surface area contributed by atoms with E-state index in [1.54, 1.807) is 4.90 Å². The van der Waals surface area contributed by atoms with Crippen LogP contribution >= 0.6 is 0 Å². The minimum absolute atomic E-state index is 0.0181. The summed E-state index contributed by atoms with van der Waals surface area (Å²) in [6, 6.07) is 20.4.